The number of nitrogens with zero attached hydrogens (tertiary/aromatic N) is 1. The first-order chi connectivity index (χ1) is 11.7. The van der Waals surface area contributed by atoms with Crippen LogP contribution < -0.4 is 10.1 Å². The average Bonchev–Trinajstić information content (AvgIpc) is 2.60. The zero-order valence-corrected chi connectivity index (χ0v) is 16.0. The van der Waals surface area contributed by atoms with E-state index in [1.807, 2.05) is 56.9 Å². The molecule has 2 rings (SSSR count). The Morgan fingerprint density at radius 3 is 2.36 bits per heavy atom. The van der Waals surface area contributed by atoms with Crippen molar-refractivity contribution in [3.63, 3.8) is 0 Å². The zero-order valence-electron chi connectivity index (χ0n) is 16.0. The normalized spacial score (nSPS) is 17.1. The van der Waals surface area contributed by atoms with E-state index < -0.39 is 0 Å². The van der Waals surface area contributed by atoms with Crippen LogP contribution in [0.15, 0.2) is 24.3 Å². The van der Waals surface area contributed by atoms with Crippen molar-refractivity contribution < 1.29 is 14.3 Å². The maximum atomic E-state index is 12.6. The second-order valence-corrected chi connectivity index (χ2v) is 7.79. The van der Waals surface area contributed by atoms with Gasteiger partial charge in [0.15, 0.2) is 0 Å². The average molecular weight is 346 g/mol. The fourth-order valence-electron chi connectivity index (χ4n) is 3.25. The van der Waals surface area contributed by atoms with E-state index in [1.54, 1.807) is 7.11 Å². The number of amides is 2. The molecule has 1 fully saturated rings. The van der Waals surface area contributed by atoms with E-state index in [1.165, 1.54) is 0 Å². The number of ether oxygens (including phenoxy) is 1. The standard InChI is InChI=1S/C20H30N2O3/c1-14(16-8-6-7-9-17(16)25-5)21-18(23)15-10-12-22(13-11-15)19(24)20(2,3)4/h6-9,14-15H,10-13H2,1-5H3,(H,21,23)/t14-/m0/s1. The van der Waals surface area contributed by atoms with Gasteiger partial charge in [0.1, 0.15) is 5.75 Å². The number of rotatable bonds is 4. The van der Waals surface area contributed by atoms with E-state index in [-0.39, 0.29) is 29.2 Å². The van der Waals surface area contributed by atoms with E-state index in [2.05, 4.69) is 5.32 Å². The molecule has 1 aliphatic rings. The van der Waals surface area contributed by atoms with Crippen LogP contribution in [0.3, 0.4) is 0 Å². The summed E-state index contributed by atoms with van der Waals surface area (Å²) in [4.78, 5) is 26.8. The van der Waals surface area contributed by atoms with E-state index >= 15 is 0 Å². The number of likely N-dealkylation sites (tertiary alicyclic amines) is 1. The molecule has 2 amide bonds. The smallest absolute Gasteiger partial charge is 0.227 e. The third kappa shape index (κ3) is 4.74. The molecule has 1 aromatic carbocycles. The van der Waals surface area contributed by atoms with Crippen molar-refractivity contribution in [2.45, 2.75) is 46.6 Å². The minimum atomic E-state index is -0.368. The number of benzene rings is 1. The van der Waals surface area contributed by atoms with Crippen LogP contribution in [0.2, 0.25) is 0 Å². The Kier molecular flexibility index (Phi) is 6.09. The summed E-state index contributed by atoms with van der Waals surface area (Å²) in [5.74, 6) is 0.956. The van der Waals surface area contributed by atoms with E-state index in [4.69, 9.17) is 4.74 Å². The number of methoxy groups -OCH3 is 1. The molecule has 0 saturated carbocycles. The quantitative estimate of drug-likeness (QED) is 0.911. The summed E-state index contributed by atoms with van der Waals surface area (Å²) in [6, 6.07) is 7.61. The topological polar surface area (TPSA) is 58.6 Å². The van der Waals surface area contributed by atoms with Gasteiger partial charge in [-0.25, -0.2) is 0 Å². The van der Waals surface area contributed by atoms with Gasteiger partial charge < -0.3 is 15.0 Å². The molecule has 1 saturated heterocycles. The molecule has 0 radical (unpaired) electrons. The van der Waals surface area contributed by atoms with Crippen LogP contribution in [0.4, 0.5) is 0 Å². The minimum absolute atomic E-state index is 0.0406. The van der Waals surface area contributed by atoms with Crippen LogP contribution in [-0.2, 0) is 9.59 Å². The summed E-state index contributed by atoms with van der Waals surface area (Å²) in [5, 5.41) is 3.09. The molecule has 0 unspecified atom stereocenters. The summed E-state index contributed by atoms with van der Waals surface area (Å²) < 4.78 is 5.37. The SMILES string of the molecule is COc1ccccc1[C@H](C)NC(=O)C1CCN(C(=O)C(C)(C)C)CC1. The molecule has 0 aliphatic carbocycles. The van der Waals surface area contributed by atoms with Crippen molar-refractivity contribution in [2.24, 2.45) is 11.3 Å². The van der Waals surface area contributed by atoms with Crippen molar-refractivity contribution in [1.82, 2.24) is 10.2 Å². The fourth-order valence-corrected chi connectivity index (χ4v) is 3.25. The van der Waals surface area contributed by atoms with E-state index in [0.29, 0.717) is 25.9 Å². The number of piperidine rings is 1. The van der Waals surface area contributed by atoms with E-state index in [9.17, 15) is 9.59 Å². The lowest BCUT2D eigenvalue weighted by Crippen LogP contribution is -2.46. The van der Waals surface area contributed by atoms with Crippen LogP contribution in [0.5, 0.6) is 5.75 Å². The lowest BCUT2D eigenvalue weighted by atomic mass is 9.90. The third-order valence-corrected chi connectivity index (χ3v) is 4.76. The molecule has 1 N–H and O–H groups in total. The highest BCUT2D eigenvalue weighted by Crippen LogP contribution is 2.27. The van der Waals surface area contributed by atoms with Gasteiger partial charge in [-0.3, -0.25) is 9.59 Å². The van der Waals surface area contributed by atoms with Gasteiger partial charge in [-0.15, -0.1) is 0 Å². The van der Waals surface area contributed by atoms with Crippen molar-refractivity contribution >= 4 is 11.8 Å². The highest BCUT2D eigenvalue weighted by atomic mass is 16.5. The monoisotopic (exact) mass is 346 g/mol. The summed E-state index contributed by atoms with van der Waals surface area (Å²) in [5.41, 5.74) is 0.603. The number of para-hydroxylation sites is 1. The number of hydrogen-bond acceptors (Lipinski definition) is 3. The van der Waals surface area contributed by atoms with Crippen LogP contribution in [-0.4, -0.2) is 36.9 Å². The molecule has 25 heavy (non-hydrogen) atoms. The molecule has 1 aromatic rings. The molecular formula is C20H30N2O3. The van der Waals surface area contributed by atoms with Crippen molar-refractivity contribution in [3.05, 3.63) is 29.8 Å². The first-order valence-electron chi connectivity index (χ1n) is 8.96. The Bertz CT molecular complexity index is 614. The molecule has 1 aliphatic heterocycles. The van der Waals surface area contributed by atoms with Crippen LogP contribution in [0, 0.1) is 11.3 Å². The Labute approximate surface area is 150 Å². The van der Waals surface area contributed by atoms with Gasteiger partial charge in [0.05, 0.1) is 13.2 Å². The summed E-state index contributed by atoms with van der Waals surface area (Å²) in [7, 11) is 1.63. The third-order valence-electron chi connectivity index (χ3n) is 4.76. The van der Waals surface area contributed by atoms with Gasteiger partial charge in [-0.2, -0.15) is 0 Å². The molecule has 5 nitrogen and oxygen atoms in total. The lowest BCUT2D eigenvalue weighted by Gasteiger charge is -2.35. The molecule has 0 bridgehead atoms. The van der Waals surface area contributed by atoms with Crippen LogP contribution in [0.25, 0.3) is 0 Å². The van der Waals surface area contributed by atoms with Crippen molar-refractivity contribution in [3.8, 4) is 5.75 Å². The molecular weight excluding hydrogens is 316 g/mol. The Hall–Kier alpha value is -2.04. The zero-order chi connectivity index (χ0) is 18.6. The van der Waals surface area contributed by atoms with Gasteiger partial charge in [-0.05, 0) is 25.8 Å². The Morgan fingerprint density at radius 1 is 1.20 bits per heavy atom. The first kappa shape index (κ1) is 19.3. The number of hydrogen-bond donors (Lipinski definition) is 1. The predicted molar refractivity (Wildman–Crippen MR) is 98.3 cm³/mol. The van der Waals surface area contributed by atoms with Crippen molar-refractivity contribution in [1.29, 1.82) is 0 Å². The van der Waals surface area contributed by atoms with Crippen LogP contribution >= 0.6 is 0 Å². The summed E-state index contributed by atoms with van der Waals surface area (Å²) >= 11 is 0. The van der Waals surface area contributed by atoms with E-state index in [0.717, 1.165) is 11.3 Å². The second kappa shape index (κ2) is 7.89. The fraction of sp³-hybridized carbons (Fsp3) is 0.600. The first-order valence-corrected chi connectivity index (χ1v) is 8.96. The maximum Gasteiger partial charge on any atom is 0.227 e. The molecule has 1 atom stereocenters. The van der Waals surface area contributed by atoms with Crippen LogP contribution in [0.1, 0.15) is 52.1 Å². The maximum absolute atomic E-state index is 12.6. The van der Waals surface area contributed by atoms with Gasteiger partial charge in [-0.1, -0.05) is 39.0 Å². The largest absolute Gasteiger partial charge is 0.496 e. The van der Waals surface area contributed by atoms with Gasteiger partial charge >= 0.3 is 0 Å². The Morgan fingerprint density at radius 2 is 1.80 bits per heavy atom. The number of carbonyl (C=O) groups is 2. The highest BCUT2D eigenvalue weighted by molar-refractivity contribution is 5.83. The summed E-state index contributed by atoms with van der Waals surface area (Å²) in [6.45, 7) is 9.07. The van der Waals surface area contributed by atoms with Gasteiger partial charge in [0, 0.05) is 30.0 Å². The molecule has 138 valence electrons. The lowest BCUT2D eigenvalue weighted by molar-refractivity contribution is -0.142. The minimum Gasteiger partial charge on any atom is -0.496 e. The molecule has 0 spiro atoms. The summed E-state index contributed by atoms with van der Waals surface area (Å²) in [6.07, 6.45) is 1.43. The Balaban J connectivity index is 1.91. The van der Waals surface area contributed by atoms with Crippen molar-refractivity contribution in [2.75, 3.05) is 20.2 Å². The molecule has 1 heterocycles. The number of nitrogens with one attached hydrogen (secondary N) is 1. The highest BCUT2D eigenvalue weighted by Gasteiger charge is 2.32. The van der Waals surface area contributed by atoms with Gasteiger partial charge in [0.25, 0.3) is 0 Å². The predicted octanol–water partition coefficient (Wildman–Crippen LogP) is 3.16. The second-order valence-electron chi connectivity index (χ2n) is 7.79. The molecule has 5 heteroatoms. The molecule has 0 aromatic heterocycles. The van der Waals surface area contributed by atoms with Gasteiger partial charge in [0.2, 0.25) is 11.8 Å². The number of carbonyl (C=O) groups excluding carboxylic acids is 2.